The number of halogens is 1. The second kappa shape index (κ2) is 6.10. The Balaban J connectivity index is 2.04. The number of ether oxygens (including phenoxy) is 1. The normalized spacial score (nSPS) is 19.6. The molecule has 0 aliphatic carbocycles. The van der Waals surface area contributed by atoms with E-state index in [0.717, 1.165) is 18.8 Å². The van der Waals surface area contributed by atoms with Crippen molar-refractivity contribution in [3.63, 3.8) is 0 Å². The summed E-state index contributed by atoms with van der Waals surface area (Å²) >= 11 is 0. The highest BCUT2D eigenvalue weighted by molar-refractivity contribution is 5.68. The lowest BCUT2D eigenvalue weighted by atomic mass is 10.2. The molecule has 1 heterocycles. The number of likely N-dealkylation sites (tertiary alicyclic amines) is 1. The largest absolute Gasteiger partial charge is 0.491 e. The van der Waals surface area contributed by atoms with Crippen LogP contribution in [0.5, 0.6) is 5.75 Å². The monoisotopic (exact) mass is 267 g/mol. The Hall–Kier alpha value is -1.49. The van der Waals surface area contributed by atoms with Crippen LogP contribution in [0.25, 0.3) is 0 Å². The Kier molecular flexibility index (Phi) is 4.47. The molecule has 1 aromatic rings. The van der Waals surface area contributed by atoms with Gasteiger partial charge in [0.05, 0.1) is 18.0 Å². The zero-order valence-corrected chi connectivity index (χ0v) is 11.6. The van der Waals surface area contributed by atoms with E-state index < -0.39 is 5.82 Å². The predicted octanol–water partition coefficient (Wildman–Crippen LogP) is 2.31. The number of nitrogen functional groups attached to an aromatic ring is 1. The zero-order chi connectivity index (χ0) is 13.8. The van der Waals surface area contributed by atoms with Crippen molar-refractivity contribution in [2.45, 2.75) is 25.8 Å². The van der Waals surface area contributed by atoms with Crippen molar-refractivity contribution in [1.82, 2.24) is 4.90 Å². The average Bonchev–Trinajstić information content (AvgIpc) is 2.77. The number of benzene rings is 1. The van der Waals surface area contributed by atoms with E-state index in [1.54, 1.807) is 6.07 Å². The molecule has 1 fully saturated rings. The van der Waals surface area contributed by atoms with Crippen LogP contribution in [0.2, 0.25) is 0 Å². The number of hydrogen-bond acceptors (Lipinski definition) is 4. The van der Waals surface area contributed by atoms with Gasteiger partial charge >= 0.3 is 0 Å². The molecule has 0 aromatic heterocycles. The molecule has 1 unspecified atom stereocenters. The lowest BCUT2D eigenvalue weighted by Gasteiger charge is -2.21. The quantitative estimate of drug-likeness (QED) is 0.804. The Bertz CT molecular complexity index is 439. The van der Waals surface area contributed by atoms with Gasteiger partial charge in [-0.3, -0.25) is 0 Å². The minimum atomic E-state index is -0.414. The lowest BCUT2D eigenvalue weighted by Crippen LogP contribution is -2.31. The second-order valence-corrected chi connectivity index (χ2v) is 4.96. The molecule has 1 aliphatic rings. The molecule has 3 N–H and O–H groups in total. The van der Waals surface area contributed by atoms with Crippen LogP contribution in [-0.2, 0) is 0 Å². The molecule has 0 spiro atoms. The molecular weight excluding hydrogens is 245 g/mol. The average molecular weight is 267 g/mol. The number of nitrogens with zero attached hydrogens (tertiary/aromatic N) is 1. The summed E-state index contributed by atoms with van der Waals surface area (Å²) in [4.78, 5) is 2.33. The van der Waals surface area contributed by atoms with Crippen molar-refractivity contribution < 1.29 is 9.13 Å². The van der Waals surface area contributed by atoms with Crippen molar-refractivity contribution in [1.29, 1.82) is 0 Å². The van der Waals surface area contributed by atoms with Gasteiger partial charge in [-0.1, -0.05) is 0 Å². The van der Waals surface area contributed by atoms with Gasteiger partial charge < -0.3 is 20.7 Å². The van der Waals surface area contributed by atoms with Crippen LogP contribution in [0, 0.1) is 5.82 Å². The summed E-state index contributed by atoms with van der Waals surface area (Å²) in [7, 11) is 2.12. The van der Waals surface area contributed by atoms with E-state index in [-0.39, 0.29) is 5.75 Å². The van der Waals surface area contributed by atoms with Crippen LogP contribution >= 0.6 is 0 Å². The van der Waals surface area contributed by atoms with Gasteiger partial charge in [0.15, 0.2) is 11.6 Å². The van der Waals surface area contributed by atoms with E-state index in [2.05, 4.69) is 17.3 Å². The molecule has 0 saturated carbocycles. The van der Waals surface area contributed by atoms with Gasteiger partial charge in [-0.2, -0.15) is 0 Å². The summed E-state index contributed by atoms with van der Waals surface area (Å²) in [5.41, 5.74) is 6.99. The van der Waals surface area contributed by atoms with Crippen molar-refractivity contribution in [3.05, 3.63) is 17.9 Å². The molecule has 19 heavy (non-hydrogen) atoms. The van der Waals surface area contributed by atoms with Crippen LogP contribution in [-0.4, -0.2) is 37.7 Å². The van der Waals surface area contributed by atoms with Crippen molar-refractivity contribution in [3.8, 4) is 5.75 Å². The maximum atomic E-state index is 13.6. The molecular formula is C14H22FN3O. The van der Waals surface area contributed by atoms with Gasteiger partial charge in [0.1, 0.15) is 0 Å². The third-order valence-electron chi connectivity index (χ3n) is 3.60. The molecule has 0 amide bonds. The summed E-state index contributed by atoms with van der Waals surface area (Å²) in [5.74, 6) is -0.165. The van der Waals surface area contributed by atoms with Crippen LogP contribution in [0.4, 0.5) is 15.8 Å². The van der Waals surface area contributed by atoms with Crippen molar-refractivity contribution >= 4 is 11.4 Å². The minimum Gasteiger partial charge on any atom is -0.491 e. The van der Waals surface area contributed by atoms with Crippen LogP contribution in [0.3, 0.4) is 0 Å². The predicted molar refractivity (Wildman–Crippen MR) is 76.1 cm³/mol. The van der Waals surface area contributed by atoms with Gasteiger partial charge in [-0.25, -0.2) is 4.39 Å². The smallest absolute Gasteiger partial charge is 0.167 e. The third kappa shape index (κ3) is 3.29. The number of anilines is 2. The number of hydrogen-bond donors (Lipinski definition) is 2. The lowest BCUT2D eigenvalue weighted by molar-refractivity contribution is 0.320. The SMILES string of the molecule is CCOc1cc(NCC2CCCN2C)c(N)cc1F. The molecule has 106 valence electrons. The first kappa shape index (κ1) is 13.9. The summed E-state index contributed by atoms with van der Waals surface area (Å²) in [5, 5.41) is 3.30. The van der Waals surface area contributed by atoms with Gasteiger partial charge in [0.2, 0.25) is 0 Å². The summed E-state index contributed by atoms with van der Waals surface area (Å²) in [6.45, 7) is 4.22. The van der Waals surface area contributed by atoms with E-state index in [1.165, 1.54) is 18.9 Å². The minimum absolute atomic E-state index is 0.249. The molecule has 2 rings (SSSR count). The molecule has 0 radical (unpaired) electrons. The first-order valence-corrected chi connectivity index (χ1v) is 6.77. The highest BCUT2D eigenvalue weighted by Crippen LogP contribution is 2.28. The fourth-order valence-corrected chi connectivity index (χ4v) is 2.45. The molecule has 0 bridgehead atoms. The zero-order valence-electron chi connectivity index (χ0n) is 11.6. The highest BCUT2D eigenvalue weighted by atomic mass is 19.1. The summed E-state index contributed by atoms with van der Waals surface area (Å²) < 4.78 is 18.8. The summed E-state index contributed by atoms with van der Waals surface area (Å²) in [6, 6.07) is 3.47. The fourth-order valence-electron chi connectivity index (χ4n) is 2.45. The summed E-state index contributed by atoms with van der Waals surface area (Å²) in [6.07, 6.45) is 2.41. The number of rotatable bonds is 5. The third-order valence-corrected chi connectivity index (χ3v) is 3.60. The Morgan fingerprint density at radius 1 is 1.53 bits per heavy atom. The Labute approximate surface area is 113 Å². The van der Waals surface area contributed by atoms with E-state index in [9.17, 15) is 4.39 Å². The number of likely N-dealkylation sites (N-methyl/N-ethyl adjacent to an activating group) is 1. The van der Waals surface area contributed by atoms with E-state index in [0.29, 0.717) is 18.3 Å². The Morgan fingerprint density at radius 3 is 2.95 bits per heavy atom. The molecule has 5 heteroatoms. The van der Waals surface area contributed by atoms with E-state index in [1.807, 2.05) is 6.92 Å². The number of nitrogens with one attached hydrogen (secondary N) is 1. The van der Waals surface area contributed by atoms with Gasteiger partial charge in [0.25, 0.3) is 0 Å². The first-order chi connectivity index (χ1) is 9.11. The van der Waals surface area contributed by atoms with E-state index >= 15 is 0 Å². The van der Waals surface area contributed by atoms with Crippen LogP contribution in [0.1, 0.15) is 19.8 Å². The molecule has 1 saturated heterocycles. The fraction of sp³-hybridized carbons (Fsp3) is 0.571. The topological polar surface area (TPSA) is 50.5 Å². The second-order valence-electron chi connectivity index (χ2n) is 4.96. The molecule has 1 aliphatic heterocycles. The first-order valence-electron chi connectivity index (χ1n) is 6.77. The molecule has 1 atom stereocenters. The maximum absolute atomic E-state index is 13.6. The molecule has 1 aromatic carbocycles. The van der Waals surface area contributed by atoms with Crippen LogP contribution < -0.4 is 15.8 Å². The van der Waals surface area contributed by atoms with Gasteiger partial charge in [-0.15, -0.1) is 0 Å². The van der Waals surface area contributed by atoms with Crippen molar-refractivity contribution in [2.24, 2.45) is 0 Å². The standard InChI is InChI=1S/C14H22FN3O/c1-3-19-14-8-13(12(16)7-11(14)15)17-9-10-5-4-6-18(10)2/h7-8,10,17H,3-6,9,16H2,1-2H3. The van der Waals surface area contributed by atoms with Gasteiger partial charge in [0, 0.05) is 24.7 Å². The number of nitrogens with two attached hydrogens (primary N) is 1. The van der Waals surface area contributed by atoms with Crippen LogP contribution in [0.15, 0.2) is 12.1 Å². The highest BCUT2D eigenvalue weighted by Gasteiger charge is 2.20. The maximum Gasteiger partial charge on any atom is 0.167 e. The van der Waals surface area contributed by atoms with E-state index in [4.69, 9.17) is 10.5 Å². The van der Waals surface area contributed by atoms with Crippen molar-refractivity contribution in [2.75, 3.05) is 37.8 Å². The molecule has 4 nitrogen and oxygen atoms in total. The Morgan fingerprint density at radius 2 is 2.32 bits per heavy atom. The van der Waals surface area contributed by atoms with Gasteiger partial charge in [-0.05, 0) is 33.4 Å².